The van der Waals surface area contributed by atoms with E-state index in [9.17, 15) is 13.2 Å². The summed E-state index contributed by atoms with van der Waals surface area (Å²) in [6.07, 6.45) is 1.16. The van der Waals surface area contributed by atoms with Crippen molar-refractivity contribution in [3.63, 3.8) is 0 Å². The molecular weight excluding hydrogens is 424 g/mol. The lowest BCUT2D eigenvalue weighted by Gasteiger charge is -2.35. The van der Waals surface area contributed by atoms with Crippen molar-refractivity contribution in [2.24, 2.45) is 0 Å². The van der Waals surface area contributed by atoms with Crippen LogP contribution in [0.5, 0.6) is 0 Å². The van der Waals surface area contributed by atoms with Crippen LogP contribution in [0.15, 0.2) is 59.5 Å². The topological polar surface area (TPSA) is 64.2 Å². The van der Waals surface area contributed by atoms with E-state index >= 15 is 0 Å². The van der Waals surface area contributed by atoms with E-state index in [1.807, 2.05) is 42.5 Å². The van der Waals surface area contributed by atoms with Gasteiger partial charge in [-0.2, -0.15) is 4.31 Å². The van der Waals surface area contributed by atoms with E-state index < -0.39 is 10.0 Å². The Morgan fingerprint density at radius 3 is 2.06 bits per heavy atom. The molecule has 0 aromatic heterocycles. The van der Waals surface area contributed by atoms with Crippen molar-refractivity contribution >= 4 is 21.6 Å². The van der Waals surface area contributed by atoms with Gasteiger partial charge in [-0.3, -0.25) is 4.79 Å². The van der Waals surface area contributed by atoms with Crippen molar-refractivity contribution < 1.29 is 13.2 Å². The highest BCUT2D eigenvalue weighted by atomic mass is 32.2. The molecule has 2 fully saturated rings. The lowest BCUT2D eigenvalue weighted by Crippen LogP contribution is -2.50. The molecule has 0 saturated carbocycles. The minimum atomic E-state index is -3.55. The highest BCUT2D eigenvalue weighted by molar-refractivity contribution is 7.89. The summed E-state index contributed by atoms with van der Waals surface area (Å²) in [6, 6.07) is 17.2. The third-order valence-corrected chi connectivity index (χ3v) is 8.32. The Kier molecular flexibility index (Phi) is 7.13. The van der Waals surface area contributed by atoms with Gasteiger partial charge in [0.05, 0.1) is 4.90 Å². The van der Waals surface area contributed by atoms with Crippen LogP contribution in [0.1, 0.15) is 12.0 Å². The third kappa shape index (κ3) is 5.31. The maximum Gasteiger partial charge on any atom is 0.243 e. The lowest BCUT2D eigenvalue weighted by molar-refractivity contribution is -0.132. The van der Waals surface area contributed by atoms with Gasteiger partial charge in [0.1, 0.15) is 0 Å². The Balaban J connectivity index is 1.31. The number of benzene rings is 2. The lowest BCUT2D eigenvalue weighted by atomic mass is 10.1. The Morgan fingerprint density at radius 2 is 1.44 bits per heavy atom. The van der Waals surface area contributed by atoms with Crippen molar-refractivity contribution in [1.82, 2.24) is 14.1 Å². The number of hydrogen-bond acceptors (Lipinski definition) is 5. The van der Waals surface area contributed by atoms with Crippen molar-refractivity contribution in [2.45, 2.75) is 17.7 Å². The minimum absolute atomic E-state index is 0.0856. The van der Waals surface area contributed by atoms with Gasteiger partial charge in [-0.25, -0.2) is 8.42 Å². The van der Waals surface area contributed by atoms with Crippen molar-refractivity contribution in [3.05, 3.63) is 60.2 Å². The monoisotopic (exact) mass is 456 g/mol. The average molecular weight is 457 g/mol. The summed E-state index contributed by atoms with van der Waals surface area (Å²) in [5.74, 6) is 0.0856. The van der Waals surface area contributed by atoms with E-state index in [1.54, 1.807) is 17.0 Å². The number of hydrogen-bond donors (Lipinski definition) is 0. The SMILES string of the molecule is CN1CCN(c2ccc(S(=O)(=O)N3CCN(C(=O)CCc4ccccc4)CC3)cc2)CC1. The predicted octanol–water partition coefficient (Wildman–Crippen LogP) is 1.90. The van der Waals surface area contributed by atoms with Gasteiger partial charge in [0.2, 0.25) is 15.9 Å². The summed E-state index contributed by atoms with van der Waals surface area (Å²) in [4.78, 5) is 19.2. The maximum atomic E-state index is 13.1. The molecule has 0 spiro atoms. The second kappa shape index (κ2) is 10.0. The van der Waals surface area contributed by atoms with Gasteiger partial charge in [-0.1, -0.05) is 30.3 Å². The Labute approximate surface area is 191 Å². The van der Waals surface area contributed by atoms with Gasteiger partial charge in [0, 0.05) is 64.5 Å². The predicted molar refractivity (Wildman–Crippen MR) is 126 cm³/mol. The molecule has 0 bridgehead atoms. The fraction of sp³-hybridized carbons (Fsp3) is 0.458. The summed E-state index contributed by atoms with van der Waals surface area (Å²) in [5.41, 5.74) is 2.20. The van der Waals surface area contributed by atoms with E-state index in [4.69, 9.17) is 0 Å². The highest BCUT2D eigenvalue weighted by Crippen LogP contribution is 2.23. The number of likely N-dealkylation sites (N-methyl/N-ethyl adjacent to an activating group) is 1. The molecule has 2 aromatic carbocycles. The molecule has 2 heterocycles. The van der Waals surface area contributed by atoms with Gasteiger partial charge in [0.25, 0.3) is 0 Å². The first-order valence-electron chi connectivity index (χ1n) is 11.3. The van der Waals surface area contributed by atoms with E-state index in [0.717, 1.165) is 37.4 Å². The molecule has 8 heteroatoms. The van der Waals surface area contributed by atoms with Crippen molar-refractivity contribution in [1.29, 1.82) is 0 Å². The van der Waals surface area contributed by atoms with Crippen LogP contribution in [0.2, 0.25) is 0 Å². The second-order valence-corrected chi connectivity index (χ2v) is 10.5. The molecule has 32 heavy (non-hydrogen) atoms. The zero-order valence-corrected chi connectivity index (χ0v) is 19.5. The van der Waals surface area contributed by atoms with Gasteiger partial charge in [0.15, 0.2) is 0 Å². The Bertz CT molecular complexity index is 995. The molecule has 0 atom stereocenters. The number of nitrogens with zero attached hydrogens (tertiary/aromatic N) is 4. The van der Waals surface area contributed by atoms with Crippen LogP contribution in [0.25, 0.3) is 0 Å². The number of amides is 1. The largest absolute Gasteiger partial charge is 0.369 e. The molecule has 1 amide bonds. The molecule has 0 unspecified atom stereocenters. The zero-order chi connectivity index (χ0) is 22.6. The van der Waals surface area contributed by atoms with Gasteiger partial charge in [-0.15, -0.1) is 0 Å². The molecular formula is C24H32N4O3S. The molecule has 2 aliphatic rings. The fourth-order valence-electron chi connectivity index (χ4n) is 4.27. The fourth-order valence-corrected chi connectivity index (χ4v) is 5.70. The minimum Gasteiger partial charge on any atom is -0.369 e. The Hall–Kier alpha value is -2.42. The smallest absolute Gasteiger partial charge is 0.243 e. The number of aryl methyl sites for hydroxylation is 1. The van der Waals surface area contributed by atoms with E-state index in [1.165, 1.54) is 4.31 Å². The van der Waals surface area contributed by atoms with Crippen LogP contribution in [0.4, 0.5) is 5.69 Å². The van der Waals surface area contributed by atoms with Crippen LogP contribution in [0, 0.1) is 0 Å². The number of anilines is 1. The van der Waals surface area contributed by atoms with Gasteiger partial charge >= 0.3 is 0 Å². The molecule has 4 rings (SSSR count). The molecule has 2 aliphatic heterocycles. The van der Waals surface area contributed by atoms with E-state index in [0.29, 0.717) is 43.9 Å². The van der Waals surface area contributed by atoms with Crippen LogP contribution in [-0.4, -0.2) is 87.8 Å². The maximum absolute atomic E-state index is 13.1. The first-order chi connectivity index (χ1) is 15.4. The molecule has 0 radical (unpaired) electrons. The summed E-state index contributed by atoms with van der Waals surface area (Å²) in [6.45, 7) is 5.45. The Morgan fingerprint density at radius 1 is 0.812 bits per heavy atom. The van der Waals surface area contributed by atoms with E-state index in [-0.39, 0.29) is 5.91 Å². The van der Waals surface area contributed by atoms with Crippen LogP contribution in [0.3, 0.4) is 0 Å². The van der Waals surface area contributed by atoms with Gasteiger partial charge in [-0.05, 0) is 43.3 Å². The summed E-state index contributed by atoms with van der Waals surface area (Å²) >= 11 is 0. The van der Waals surface area contributed by atoms with Crippen molar-refractivity contribution in [3.8, 4) is 0 Å². The average Bonchev–Trinajstić information content (AvgIpc) is 2.84. The standard InChI is InChI=1S/C24H32N4O3S/c1-25-13-15-26(16-14-25)22-8-10-23(11-9-22)32(30,31)28-19-17-27(18-20-28)24(29)12-7-21-5-3-2-4-6-21/h2-6,8-11H,7,12-20H2,1H3. The quantitative estimate of drug-likeness (QED) is 0.665. The number of carbonyl (C=O) groups excluding carboxylic acids is 1. The molecule has 172 valence electrons. The highest BCUT2D eigenvalue weighted by Gasteiger charge is 2.30. The van der Waals surface area contributed by atoms with Crippen LogP contribution >= 0.6 is 0 Å². The zero-order valence-electron chi connectivity index (χ0n) is 18.7. The van der Waals surface area contributed by atoms with Crippen molar-refractivity contribution in [2.75, 3.05) is 64.3 Å². The number of rotatable bonds is 6. The summed E-state index contributed by atoms with van der Waals surface area (Å²) in [5, 5.41) is 0. The third-order valence-electron chi connectivity index (χ3n) is 6.40. The molecule has 2 saturated heterocycles. The number of carbonyl (C=O) groups is 1. The number of sulfonamides is 1. The number of piperazine rings is 2. The van der Waals surface area contributed by atoms with Crippen LogP contribution in [-0.2, 0) is 21.2 Å². The molecule has 0 N–H and O–H groups in total. The van der Waals surface area contributed by atoms with E-state index in [2.05, 4.69) is 16.8 Å². The normalized spacial score (nSPS) is 18.7. The first-order valence-corrected chi connectivity index (χ1v) is 12.7. The summed E-state index contributed by atoms with van der Waals surface area (Å²) < 4.78 is 27.7. The summed E-state index contributed by atoms with van der Waals surface area (Å²) in [7, 11) is -1.44. The second-order valence-electron chi connectivity index (χ2n) is 8.55. The molecule has 2 aromatic rings. The first kappa shape index (κ1) is 22.8. The van der Waals surface area contributed by atoms with Crippen LogP contribution < -0.4 is 4.90 Å². The van der Waals surface area contributed by atoms with Gasteiger partial charge < -0.3 is 14.7 Å². The molecule has 7 nitrogen and oxygen atoms in total. The molecule has 0 aliphatic carbocycles.